The first kappa shape index (κ1) is 41.4. The number of hydrogen-bond acceptors (Lipinski definition) is 3. The van der Waals surface area contributed by atoms with Crippen LogP contribution in [0.3, 0.4) is 0 Å². The number of carbonyl (C=O) groups is 1. The van der Waals surface area contributed by atoms with Crippen molar-refractivity contribution in [3.8, 4) is 0 Å². The lowest BCUT2D eigenvalue weighted by Crippen LogP contribution is -2.45. The third-order valence-corrected chi connectivity index (χ3v) is 8.85. The summed E-state index contributed by atoms with van der Waals surface area (Å²) in [6.07, 6.45) is 17.8. The first-order valence-corrected chi connectivity index (χ1v) is 18.0. The number of rotatable bonds is 27. The fourth-order valence-corrected chi connectivity index (χ4v) is 6.14. The maximum atomic E-state index is 13.9. The van der Waals surface area contributed by atoms with E-state index in [1.54, 1.807) is 0 Å². The van der Waals surface area contributed by atoms with E-state index in [0.29, 0.717) is 25.2 Å². The predicted molar refractivity (Wildman–Crippen MR) is 184 cm³/mol. The van der Waals surface area contributed by atoms with E-state index in [2.05, 4.69) is 88.0 Å². The SMILES string of the molecule is CCCCCCCCN(CCOCCCCC)C(=O)C(C)(C)CC(C)(C)COC(C)(C)CCCC(C)(C)CCC(C)C. The van der Waals surface area contributed by atoms with Crippen molar-refractivity contribution in [1.82, 2.24) is 4.90 Å². The summed E-state index contributed by atoms with van der Waals surface area (Å²) in [4.78, 5) is 16.0. The van der Waals surface area contributed by atoms with E-state index in [9.17, 15) is 4.79 Å². The Balaban J connectivity index is 5.00. The molecule has 0 aliphatic heterocycles. The third-order valence-electron chi connectivity index (χ3n) is 8.85. The Labute approximate surface area is 264 Å². The van der Waals surface area contributed by atoms with Gasteiger partial charge in [-0.3, -0.25) is 4.79 Å². The van der Waals surface area contributed by atoms with Crippen LogP contribution in [0.25, 0.3) is 0 Å². The fraction of sp³-hybridized carbons (Fsp3) is 0.974. The van der Waals surface area contributed by atoms with Gasteiger partial charge >= 0.3 is 0 Å². The average Bonchev–Trinajstić information content (AvgIpc) is 2.88. The summed E-state index contributed by atoms with van der Waals surface area (Å²) >= 11 is 0. The van der Waals surface area contributed by atoms with E-state index in [1.807, 2.05) is 0 Å². The van der Waals surface area contributed by atoms with Crippen molar-refractivity contribution in [2.45, 2.75) is 185 Å². The summed E-state index contributed by atoms with van der Waals surface area (Å²) in [5.74, 6) is 1.04. The number of unbranched alkanes of at least 4 members (excludes halogenated alkanes) is 7. The average molecular weight is 596 g/mol. The Morgan fingerprint density at radius 3 is 1.88 bits per heavy atom. The Bertz CT molecular complexity index is 664. The predicted octanol–water partition coefficient (Wildman–Crippen LogP) is 11.3. The first-order chi connectivity index (χ1) is 19.5. The smallest absolute Gasteiger partial charge is 0.228 e. The van der Waals surface area contributed by atoms with E-state index < -0.39 is 5.41 Å². The lowest BCUT2D eigenvalue weighted by atomic mass is 9.74. The van der Waals surface area contributed by atoms with Crippen LogP contribution >= 0.6 is 0 Å². The molecule has 42 heavy (non-hydrogen) atoms. The van der Waals surface area contributed by atoms with Crippen molar-refractivity contribution in [2.24, 2.45) is 22.2 Å². The molecule has 0 aromatic rings. The number of carbonyl (C=O) groups excluding carboxylic acids is 1. The van der Waals surface area contributed by atoms with Gasteiger partial charge in [0.25, 0.3) is 0 Å². The van der Waals surface area contributed by atoms with E-state index in [0.717, 1.165) is 44.8 Å². The normalized spacial score (nSPS) is 13.3. The topological polar surface area (TPSA) is 38.8 Å². The molecule has 0 saturated carbocycles. The Morgan fingerprint density at radius 1 is 0.667 bits per heavy atom. The van der Waals surface area contributed by atoms with Crippen LogP contribution in [0.1, 0.15) is 179 Å². The zero-order chi connectivity index (χ0) is 32.3. The van der Waals surface area contributed by atoms with Gasteiger partial charge in [0.15, 0.2) is 0 Å². The second-order valence-electron chi connectivity index (χ2n) is 16.6. The van der Waals surface area contributed by atoms with Crippen molar-refractivity contribution >= 4 is 5.91 Å². The van der Waals surface area contributed by atoms with Gasteiger partial charge in [0, 0.05) is 25.1 Å². The Morgan fingerprint density at radius 2 is 1.26 bits per heavy atom. The lowest BCUT2D eigenvalue weighted by Gasteiger charge is -2.39. The van der Waals surface area contributed by atoms with Gasteiger partial charge in [0.2, 0.25) is 5.91 Å². The second kappa shape index (κ2) is 21.2. The largest absolute Gasteiger partial charge is 0.380 e. The molecule has 0 aliphatic carbocycles. The highest BCUT2D eigenvalue weighted by Crippen LogP contribution is 2.37. The second-order valence-corrected chi connectivity index (χ2v) is 16.6. The summed E-state index contributed by atoms with van der Waals surface area (Å²) in [5.41, 5.74) is -0.290. The van der Waals surface area contributed by atoms with E-state index >= 15 is 0 Å². The molecule has 0 rings (SSSR count). The van der Waals surface area contributed by atoms with Crippen LogP contribution in [0.4, 0.5) is 0 Å². The van der Waals surface area contributed by atoms with E-state index in [-0.39, 0.29) is 16.9 Å². The molecule has 1 amide bonds. The van der Waals surface area contributed by atoms with Gasteiger partial charge in [-0.25, -0.2) is 0 Å². The van der Waals surface area contributed by atoms with Crippen LogP contribution in [0.5, 0.6) is 0 Å². The molecular weight excluding hydrogens is 518 g/mol. The third kappa shape index (κ3) is 21.2. The van der Waals surface area contributed by atoms with Gasteiger partial charge in [0.1, 0.15) is 0 Å². The van der Waals surface area contributed by atoms with E-state index in [4.69, 9.17) is 9.47 Å². The lowest BCUT2D eigenvalue weighted by molar-refractivity contribution is -0.144. The number of hydrogen-bond donors (Lipinski definition) is 0. The molecule has 0 N–H and O–H groups in total. The van der Waals surface area contributed by atoms with Gasteiger partial charge in [-0.05, 0) is 69.1 Å². The van der Waals surface area contributed by atoms with Crippen molar-refractivity contribution < 1.29 is 14.3 Å². The molecule has 0 aliphatic rings. The summed E-state index contributed by atoms with van der Waals surface area (Å²) in [5, 5.41) is 0. The highest BCUT2D eigenvalue weighted by atomic mass is 16.5. The minimum Gasteiger partial charge on any atom is -0.380 e. The minimum absolute atomic E-state index is 0.0879. The Hall–Kier alpha value is -0.610. The molecule has 0 aromatic heterocycles. The maximum absolute atomic E-state index is 13.9. The van der Waals surface area contributed by atoms with Gasteiger partial charge in [-0.15, -0.1) is 0 Å². The van der Waals surface area contributed by atoms with Crippen molar-refractivity contribution in [2.75, 3.05) is 32.9 Å². The van der Waals surface area contributed by atoms with Crippen LogP contribution in [0.2, 0.25) is 0 Å². The molecule has 0 bridgehead atoms. The fourth-order valence-electron chi connectivity index (χ4n) is 6.14. The van der Waals surface area contributed by atoms with Gasteiger partial charge < -0.3 is 14.4 Å². The van der Waals surface area contributed by atoms with E-state index in [1.165, 1.54) is 70.6 Å². The highest BCUT2D eigenvalue weighted by molar-refractivity contribution is 5.82. The van der Waals surface area contributed by atoms with Gasteiger partial charge in [0.05, 0.1) is 18.8 Å². The molecule has 4 nitrogen and oxygen atoms in total. The van der Waals surface area contributed by atoms with Gasteiger partial charge in [-0.2, -0.15) is 0 Å². The zero-order valence-corrected chi connectivity index (χ0v) is 30.9. The first-order valence-electron chi connectivity index (χ1n) is 18.0. The molecular formula is C38H77NO3. The van der Waals surface area contributed by atoms with Crippen LogP contribution < -0.4 is 0 Å². The molecule has 4 heteroatoms. The zero-order valence-electron chi connectivity index (χ0n) is 30.9. The monoisotopic (exact) mass is 596 g/mol. The standard InChI is InChI=1S/C38H77NO3/c1-13-15-17-18-19-20-27-39(28-30-41-29-21-16-14-2)34(40)37(9,10)31-36(7,8)32-42-38(11,12)25-22-24-35(5,6)26-23-33(3)4/h33H,13-32H2,1-12H3. The molecule has 0 saturated heterocycles. The number of nitrogens with zero attached hydrogens (tertiary/aromatic N) is 1. The van der Waals surface area contributed by atoms with Crippen LogP contribution in [-0.2, 0) is 14.3 Å². The molecule has 0 unspecified atom stereocenters. The number of amides is 1. The van der Waals surface area contributed by atoms with Crippen molar-refractivity contribution in [3.63, 3.8) is 0 Å². The maximum Gasteiger partial charge on any atom is 0.228 e. The van der Waals surface area contributed by atoms with Crippen molar-refractivity contribution in [3.05, 3.63) is 0 Å². The molecule has 0 spiro atoms. The molecule has 0 atom stereocenters. The molecule has 0 radical (unpaired) electrons. The van der Waals surface area contributed by atoms with Crippen LogP contribution in [-0.4, -0.2) is 49.3 Å². The van der Waals surface area contributed by atoms with Gasteiger partial charge in [-0.1, -0.05) is 127 Å². The summed E-state index contributed by atoms with van der Waals surface area (Å²) < 4.78 is 12.5. The number of ether oxygens (including phenoxy) is 2. The summed E-state index contributed by atoms with van der Waals surface area (Å²) in [6.45, 7) is 30.9. The van der Waals surface area contributed by atoms with Crippen molar-refractivity contribution in [1.29, 1.82) is 0 Å². The van der Waals surface area contributed by atoms with Crippen LogP contribution in [0, 0.1) is 22.2 Å². The molecule has 0 heterocycles. The van der Waals surface area contributed by atoms with Crippen LogP contribution in [0.15, 0.2) is 0 Å². The quantitative estimate of drug-likeness (QED) is 0.0887. The summed E-state index contributed by atoms with van der Waals surface area (Å²) in [6, 6.07) is 0. The molecule has 0 aromatic carbocycles. The summed E-state index contributed by atoms with van der Waals surface area (Å²) in [7, 11) is 0. The molecule has 252 valence electrons. The highest BCUT2D eigenvalue weighted by Gasteiger charge is 2.38. The molecule has 0 fully saturated rings. The Kier molecular flexibility index (Phi) is 20.9. The minimum atomic E-state index is -0.443.